The molecule has 9 nitrogen and oxygen atoms in total. The number of thiazole rings is 1. The van der Waals surface area contributed by atoms with E-state index in [1.165, 1.54) is 23.2 Å². The molecule has 0 aliphatic carbocycles. The van der Waals surface area contributed by atoms with Crippen LogP contribution in [-0.4, -0.2) is 45.8 Å². The molecule has 0 spiro atoms. The van der Waals surface area contributed by atoms with Gasteiger partial charge in [0, 0.05) is 25.3 Å². The minimum absolute atomic E-state index is 0.0218. The molecule has 2 aromatic rings. The lowest BCUT2D eigenvalue weighted by molar-refractivity contribution is -0.145. The maximum absolute atomic E-state index is 12.1. The minimum Gasteiger partial charge on any atom is -0.459 e. The first-order valence-corrected chi connectivity index (χ1v) is 10.7. The van der Waals surface area contributed by atoms with Crippen LogP contribution in [0.2, 0.25) is 0 Å². The molecule has 3 rings (SSSR count). The number of nitrogens with zero attached hydrogens (tertiary/aromatic N) is 3. The van der Waals surface area contributed by atoms with Crippen LogP contribution in [0.5, 0.6) is 0 Å². The van der Waals surface area contributed by atoms with Crippen molar-refractivity contribution in [3.8, 4) is 0 Å². The maximum Gasteiger partial charge on any atom is 0.325 e. The third kappa shape index (κ3) is 5.26. The van der Waals surface area contributed by atoms with Crippen LogP contribution >= 0.6 is 11.3 Å². The van der Waals surface area contributed by atoms with Crippen LogP contribution in [0.4, 0.5) is 15.6 Å². The van der Waals surface area contributed by atoms with Gasteiger partial charge in [-0.3, -0.25) is 24.2 Å². The molecule has 1 aliphatic rings. The van der Waals surface area contributed by atoms with Crippen LogP contribution in [0.15, 0.2) is 35.7 Å². The third-order valence-electron chi connectivity index (χ3n) is 4.65. The summed E-state index contributed by atoms with van der Waals surface area (Å²) >= 11 is 1.28. The Bertz CT molecular complexity index is 989. The highest BCUT2D eigenvalue weighted by molar-refractivity contribution is 7.14. The Morgan fingerprint density at radius 1 is 1.23 bits per heavy atom. The molecule has 1 aliphatic heterocycles. The molecule has 0 atom stereocenters. The van der Waals surface area contributed by atoms with E-state index in [4.69, 9.17) is 4.74 Å². The van der Waals surface area contributed by atoms with E-state index in [0.717, 1.165) is 4.90 Å². The highest BCUT2D eigenvalue weighted by atomic mass is 32.1. The van der Waals surface area contributed by atoms with Gasteiger partial charge in [0.25, 0.3) is 5.91 Å². The van der Waals surface area contributed by atoms with E-state index < -0.39 is 17.5 Å². The first-order valence-electron chi connectivity index (χ1n) is 9.79. The highest BCUT2D eigenvalue weighted by Crippen LogP contribution is 2.29. The first kappa shape index (κ1) is 22.4. The monoisotopic (exact) mass is 444 g/mol. The van der Waals surface area contributed by atoms with Crippen LogP contribution in [-0.2, 0) is 25.7 Å². The average Bonchev–Trinajstić information content (AvgIpc) is 3.24. The maximum atomic E-state index is 12.1. The second-order valence-corrected chi connectivity index (χ2v) is 8.42. The Hall–Kier alpha value is -3.27. The zero-order valence-corrected chi connectivity index (χ0v) is 18.4. The molecular formula is C21H24N4O5S. The van der Waals surface area contributed by atoms with Crippen LogP contribution in [0.1, 0.15) is 39.3 Å². The van der Waals surface area contributed by atoms with E-state index in [1.54, 1.807) is 19.2 Å². The van der Waals surface area contributed by atoms with Crippen LogP contribution in [0, 0.1) is 0 Å². The molecule has 1 N–H and O–H groups in total. The van der Waals surface area contributed by atoms with Crippen molar-refractivity contribution in [2.45, 2.75) is 45.8 Å². The van der Waals surface area contributed by atoms with Gasteiger partial charge in [0.05, 0.1) is 11.4 Å². The van der Waals surface area contributed by atoms with Gasteiger partial charge in [-0.05, 0) is 32.4 Å². The summed E-state index contributed by atoms with van der Waals surface area (Å²) in [5.74, 6) is -0.936. The molecule has 0 saturated carbocycles. The van der Waals surface area contributed by atoms with Crippen LogP contribution in [0.3, 0.4) is 0 Å². The van der Waals surface area contributed by atoms with E-state index in [1.807, 2.05) is 30.3 Å². The molecule has 164 valence electrons. The van der Waals surface area contributed by atoms with E-state index in [-0.39, 0.29) is 31.4 Å². The number of carbonyl (C=O) groups is 4. The number of carbonyl (C=O) groups excluding carboxylic acids is 4. The molecule has 10 heteroatoms. The number of esters is 1. The SMILES string of the molecule is CC(=O)N(c1ccccc1)c1nc(COC(=O)CCCN2C(=O)NC(C)(C)C2=O)cs1. The Morgan fingerprint density at radius 2 is 1.94 bits per heavy atom. The van der Waals surface area contributed by atoms with Crippen molar-refractivity contribution in [1.82, 2.24) is 15.2 Å². The second kappa shape index (κ2) is 9.25. The summed E-state index contributed by atoms with van der Waals surface area (Å²) < 4.78 is 5.24. The summed E-state index contributed by atoms with van der Waals surface area (Å²) in [6.07, 6.45) is 0.376. The molecule has 4 amide bonds. The predicted octanol–water partition coefficient (Wildman–Crippen LogP) is 2.98. The van der Waals surface area contributed by atoms with Crippen LogP contribution < -0.4 is 10.2 Å². The quantitative estimate of drug-likeness (QED) is 0.495. The molecule has 1 saturated heterocycles. The number of ether oxygens (including phenoxy) is 1. The van der Waals surface area contributed by atoms with Gasteiger partial charge in [0.15, 0.2) is 5.13 Å². The summed E-state index contributed by atoms with van der Waals surface area (Å²) in [7, 11) is 0. The topological polar surface area (TPSA) is 109 Å². The van der Waals surface area contributed by atoms with Crippen molar-refractivity contribution in [2.75, 3.05) is 11.4 Å². The Kier molecular flexibility index (Phi) is 6.69. The summed E-state index contributed by atoms with van der Waals surface area (Å²) in [5, 5.41) is 4.82. The molecule has 1 aromatic heterocycles. The normalized spacial score (nSPS) is 15.0. The van der Waals surface area contributed by atoms with E-state index >= 15 is 0 Å². The second-order valence-electron chi connectivity index (χ2n) is 7.59. The number of aromatic nitrogens is 1. The van der Waals surface area contributed by atoms with E-state index in [0.29, 0.717) is 22.9 Å². The number of benzene rings is 1. The number of amides is 4. The molecule has 2 heterocycles. The summed E-state index contributed by atoms with van der Waals surface area (Å²) in [4.78, 5) is 55.1. The molecule has 0 unspecified atom stereocenters. The Morgan fingerprint density at radius 3 is 2.55 bits per heavy atom. The number of hydrogen-bond acceptors (Lipinski definition) is 7. The van der Waals surface area contributed by atoms with Gasteiger partial charge in [-0.2, -0.15) is 0 Å². The van der Waals surface area contributed by atoms with Crippen molar-refractivity contribution in [1.29, 1.82) is 0 Å². The van der Waals surface area contributed by atoms with Gasteiger partial charge in [0.1, 0.15) is 12.1 Å². The average molecular weight is 445 g/mol. The Balaban J connectivity index is 1.49. The zero-order chi connectivity index (χ0) is 22.6. The highest BCUT2D eigenvalue weighted by Gasteiger charge is 2.43. The molecular weight excluding hydrogens is 420 g/mol. The van der Waals surface area contributed by atoms with Crippen molar-refractivity contribution in [3.05, 3.63) is 41.4 Å². The number of hydrogen-bond donors (Lipinski definition) is 1. The fourth-order valence-electron chi connectivity index (χ4n) is 3.10. The number of imide groups is 1. The van der Waals surface area contributed by atoms with Gasteiger partial charge in [-0.15, -0.1) is 11.3 Å². The van der Waals surface area contributed by atoms with Crippen molar-refractivity contribution in [3.63, 3.8) is 0 Å². The largest absolute Gasteiger partial charge is 0.459 e. The fourth-order valence-corrected chi connectivity index (χ4v) is 3.97. The third-order valence-corrected chi connectivity index (χ3v) is 5.52. The lowest BCUT2D eigenvalue weighted by Gasteiger charge is -2.17. The fraction of sp³-hybridized carbons (Fsp3) is 0.381. The lowest BCUT2D eigenvalue weighted by Crippen LogP contribution is -2.40. The molecule has 1 fully saturated rings. The van der Waals surface area contributed by atoms with E-state index in [9.17, 15) is 19.2 Å². The summed E-state index contributed by atoms with van der Waals surface area (Å²) in [6.45, 7) is 4.85. The Labute approximate surface area is 184 Å². The number of urea groups is 1. The van der Waals surface area contributed by atoms with Crippen LogP contribution in [0.25, 0.3) is 0 Å². The molecule has 1 aromatic carbocycles. The van der Waals surface area contributed by atoms with Crippen molar-refractivity contribution < 1.29 is 23.9 Å². The summed E-state index contributed by atoms with van der Waals surface area (Å²) in [5.41, 5.74) is 0.316. The summed E-state index contributed by atoms with van der Waals surface area (Å²) in [6, 6.07) is 8.71. The number of para-hydroxylation sites is 1. The molecule has 0 radical (unpaired) electrons. The lowest BCUT2D eigenvalue weighted by atomic mass is 10.1. The van der Waals surface area contributed by atoms with Crippen molar-refractivity contribution in [2.24, 2.45) is 0 Å². The standard InChI is InChI=1S/C21H24N4O5S/c1-14(26)25(16-8-5-4-6-9-16)20-22-15(13-31-20)12-30-17(27)10-7-11-24-18(28)21(2,3)23-19(24)29/h4-6,8-9,13H,7,10-12H2,1-3H3,(H,23,29). The smallest absolute Gasteiger partial charge is 0.325 e. The first-order chi connectivity index (χ1) is 14.7. The van der Waals surface area contributed by atoms with Crippen molar-refractivity contribution >= 4 is 46.0 Å². The van der Waals surface area contributed by atoms with Gasteiger partial charge in [-0.25, -0.2) is 9.78 Å². The van der Waals surface area contributed by atoms with Gasteiger partial charge < -0.3 is 10.1 Å². The van der Waals surface area contributed by atoms with E-state index in [2.05, 4.69) is 10.3 Å². The number of nitrogens with one attached hydrogen (secondary N) is 1. The van der Waals surface area contributed by atoms with Gasteiger partial charge in [-0.1, -0.05) is 18.2 Å². The predicted molar refractivity (Wildman–Crippen MR) is 115 cm³/mol. The molecule has 0 bridgehead atoms. The number of rotatable bonds is 8. The zero-order valence-electron chi connectivity index (χ0n) is 17.6. The molecule has 31 heavy (non-hydrogen) atoms. The minimum atomic E-state index is -0.923. The van der Waals surface area contributed by atoms with Gasteiger partial charge >= 0.3 is 12.0 Å². The van der Waals surface area contributed by atoms with Gasteiger partial charge in [0.2, 0.25) is 5.91 Å². The number of anilines is 2.